The number of hydrogen-bond donors (Lipinski definition) is 2. The van der Waals surface area contributed by atoms with Crippen molar-refractivity contribution in [1.29, 1.82) is 0 Å². The molecule has 8 rings (SSSR count). The van der Waals surface area contributed by atoms with Crippen molar-refractivity contribution in [3.05, 3.63) is 82.4 Å². The minimum Gasteiger partial charge on any atom is -0.461 e. The number of anilines is 2. The van der Waals surface area contributed by atoms with E-state index in [0.29, 0.717) is 101 Å². The largest absolute Gasteiger partial charge is 0.510 e. The van der Waals surface area contributed by atoms with E-state index in [1.807, 2.05) is 45.5 Å². The number of carbonyl (C=O) groups excluding carboxylic acids is 1. The molecule has 0 saturated carbocycles. The van der Waals surface area contributed by atoms with Crippen molar-refractivity contribution in [2.24, 2.45) is 0 Å². The Morgan fingerprint density at radius 3 is 1.33 bits per heavy atom. The molecule has 2 saturated heterocycles. The number of nitrogens with zero attached hydrogens (tertiary/aromatic N) is 10. The summed E-state index contributed by atoms with van der Waals surface area (Å²) in [6.45, 7) is 12.4. The summed E-state index contributed by atoms with van der Waals surface area (Å²) in [4.78, 5) is 46.8. The van der Waals surface area contributed by atoms with Crippen molar-refractivity contribution in [2.45, 2.75) is 103 Å². The highest BCUT2D eigenvalue weighted by atomic mass is 19.1. The average Bonchev–Trinajstić information content (AvgIpc) is 3.88. The zero-order valence-corrected chi connectivity index (χ0v) is 40.8. The van der Waals surface area contributed by atoms with Crippen LogP contribution >= 0.6 is 0 Å². The Hall–Kier alpha value is -6.29. The van der Waals surface area contributed by atoms with E-state index in [1.54, 1.807) is 41.9 Å². The molecule has 0 atom stereocenters. The highest BCUT2D eigenvalue weighted by molar-refractivity contribution is 5.84. The molecule has 19 nitrogen and oxygen atoms in total. The number of piperidine rings is 2. The van der Waals surface area contributed by atoms with Crippen molar-refractivity contribution < 1.29 is 42.0 Å². The molecular weight excluding hydrogens is 907 g/mol. The van der Waals surface area contributed by atoms with Gasteiger partial charge in [-0.3, -0.25) is 9.80 Å². The number of alkyl halides is 2. The molecule has 6 heterocycles. The Morgan fingerprint density at radius 1 is 0.586 bits per heavy atom. The number of nitrogens with two attached hydrogens (primary N) is 2. The number of methoxy groups -OCH3 is 2. The van der Waals surface area contributed by atoms with E-state index in [2.05, 4.69) is 31.9 Å². The molecule has 0 aliphatic carbocycles. The van der Waals surface area contributed by atoms with Gasteiger partial charge in [-0.15, -0.1) is 0 Å². The van der Waals surface area contributed by atoms with Crippen LogP contribution in [-0.4, -0.2) is 134 Å². The SMILES string of the molecule is COCCOc1nc(N)c2nc(C(C)(C)OC(=O)OC(C)(C)c3nc4c(N)nc(OCCOC)nc4n3Cc3cccc(CN4CCC(F)CC4)c3)n(Cc3cccc(CN4CCC(F)CC4)c3)c2n1. The maximum absolute atomic E-state index is 14.3. The number of aromatic nitrogens is 8. The van der Waals surface area contributed by atoms with Gasteiger partial charge in [0.15, 0.2) is 56.8 Å². The third-order valence-electron chi connectivity index (χ3n) is 12.5. The van der Waals surface area contributed by atoms with Crippen molar-refractivity contribution in [3.8, 4) is 12.0 Å². The number of likely N-dealkylation sites (tertiary alicyclic amines) is 2. The van der Waals surface area contributed by atoms with Crippen LogP contribution in [0.1, 0.15) is 87.3 Å². The molecule has 21 heteroatoms. The summed E-state index contributed by atoms with van der Waals surface area (Å²) in [5.74, 6) is 0.769. The molecule has 0 amide bonds. The summed E-state index contributed by atoms with van der Waals surface area (Å²) in [6, 6.07) is 16.3. The average molecular weight is 971 g/mol. The van der Waals surface area contributed by atoms with Gasteiger partial charge < -0.3 is 49.0 Å². The fourth-order valence-corrected chi connectivity index (χ4v) is 8.96. The molecule has 6 aromatic rings. The van der Waals surface area contributed by atoms with E-state index >= 15 is 0 Å². The van der Waals surface area contributed by atoms with Gasteiger partial charge in [0.05, 0.1) is 26.3 Å². The predicted octanol–water partition coefficient (Wildman–Crippen LogP) is 6.47. The lowest BCUT2D eigenvalue weighted by Crippen LogP contribution is -2.35. The minimum absolute atomic E-state index is 0.0338. The van der Waals surface area contributed by atoms with Gasteiger partial charge >= 0.3 is 18.2 Å². The summed E-state index contributed by atoms with van der Waals surface area (Å²) in [6.07, 6.45) is -0.482. The summed E-state index contributed by atoms with van der Waals surface area (Å²) in [5, 5.41) is 0. The first-order chi connectivity index (χ1) is 33.6. The Bertz CT molecular complexity index is 2570. The third kappa shape index (κ3) is 12.0. The van der Waals surface area contributed by atoms with Crippen LogP contribution in [0.4, 0.5) is 25.2 Å². The Balaban J connectivity index is 1.09. The topological polar surface area (TPSA) is 218 Å². The second-order valence-electron chi connectivity index (χ2n) is 18.9. The van der Waals surface area contributed by atoms with Gasteiger partial charge in [-0.2, -0.15) is 19.9 Å². The van der Waals surface area contributed by atoms with Crippen molar-refractivity contribution in [2.75, 3.05) is 78.3 Å². The Morgan fingerprint density at radius 2 is 0.957 bits per heavy atom. The van der Waals surface area contributed by atoms with Gasteiger partial charge in [0.2, 0.25) is 0 Å². The number of rotatable bonds is 20. The van der Waals surface area contributed by atoms with Crippen LogP contribution in [0.5, 0.6) is 12.0 Å². The van der Waals surface area contributed by atoms with E-state index in [4.69, 9.17) is 59.8 Å². The summed E-state index contributed by atoms with van der Waals surface area (Å²) >= 11 is 0. The quantitative estimate of drug-likeness (QED) is 0.0619. The van der Waals surface area contributed by atoms with Gasteiger partial charge in [0.1, 0.15) is 25.6 Å². The zero-order valence-electron chi connectivity index (χ0n) is 40.8. The molecule has 4 aromatic heterocycles. The monoisotopic (exact) mass is 970 g/mol. The number of ether oxygens (including phenoxy) is 6. The number of nitrogen functional groups attached to an aromatic ring is 2. The Kier molecular flexibility index (Phi) is 15.6. The lowest BCUT2D eigenvalue weighted by Gasteiger charge is -2.29. The van der Waals surface area contributed by atoms with Gasteiger partial charge in [-0.1, -0.05) is 48.5 Å². The van der Waals surface area contributed by atoms with Crippen LogP contribution in [0.25, 0.3) is 22.3 Å². The Labute approximate surface area is 405 Å². The number of fused-ring (bicyclic) bond motifs is 2. The van der Waals surface area contributed by atoms with E-state index in [1.165, 1.54) is 0 Å². The van der Waals surface area contributed by atoms with Crippen LogP contribution in [0.15, 0.2) is 48.5 Å². The number of benzene rings is 2. The molecule has 0 bridgehead atoms. The molecule has 4 N–H and O–H groups in total. The van der Waals surface area contributed by atoms with E-state index < -0.39 is 29.7 Å². The summed E-state index contributed by atoms with van der Waals surface area (Å²) in [7, 11) is 3.13. The minimum atomic E-state index is -1.45. The van der Waals surface area contributed by atoms with Crippen molar-refractivity contribution >= 4 is 40.1 Å². The van der Waals surface area contributed by atoms with Gasteiger partial charge in [-0.25, -0.2) is 23.5 Å². The normalized spacial score (nSPS) is 15.8. The standard InChI is InChI=1S/C49H64F2N12O7/c1-48(2,43-54-37-39(52)56-45(67-23-21-65-5)58-41(37)62(43)29-33-11-7-9-31(25-33)27-60-17-13-35(50)14-18-60)69-47(64)70-49(3,4)44-55-38-40(53)57-46(68-24-22-66-6)59-42(38)63(44)30-34-12-8-10-32(26-34)28-61-19-15-36(51)16-20-61/h7-12,25-26,35-36H,13-24,27-30H2,1-6H3,(H2,52,56,58)(H2,53,57,59). The van der Waals surface area contributed by atoms with E-state index in [-0.39, 0.29) is 61.0 Å². The summed E-state index contributed by atoms with van der Waals surface area (Å²) < 4.78 is 65.9. The first kappa shape index (κ1) is 50.1. The molecular formula is C49H64F2N12O7. The molecule has 2 aliphatic rings. The number of hydrogen-bond acceptors (Lipinski definition) is 17. The van der Waals surface area contributed by atoms with Crippen LogP contribution in [-0.2, 0) is 56.3 Å². The lowest BCUT2D eigenvalue weighted by atomic mass is 10.1. The third-order valence-corrected chi connectivity index (χ3v) is 12.5. The molecule has 0 spiro atoms. The number of carbonyl (C=O) groups is 1. The fraction of sp³-hybridized carbons (Fsp3) is 0.531. The van der Waals surface area contributed by atoms with E-state index in [0.717, 1.165) is 22.3 Å². The summed E-state index contributed by atoms with van der Waals surface area (Å²) in [5.41, 5.74) is 15.4. The van der Waals surface area contributed by atoms with Crippen LogP contribution in [0.3, 0.4) is 0 Å². The zero-order chi connectivity index (χ0) is 49.6. The highest BCUT2D eigenvalue weighted by Crippen LogP contribution is 2.35. The highest BCUT2D eigenvalue weighted by Gasteiger charge is 2.39. The lowest BCUT2D eigenvalue weighted by molar-refractivity contribution is -0.0701. The molecule has 2 aromatic carbocycles. The smallest absolute Gasteiger partial charge is 0.461 e. The maximum Gasteiger partial charge on any atom is 0.510 e. The molecule has 0 unspecified atom stereocenters. The fourth-order valence-electron chi connectivity index (χ4n) is 8.96. The van der Waals surface area contributed by atoms with Crippen LogP contribution in [0, 0.1) is 0 Å². The van der Waals surface area contributed by atoms with Gasteiger partial charge in [-0.05, 0) is 75.6 Å². The van der Waals surface area contributed by atoms with Crippen molar-refractivity contribution in [3.63, 3.8) is 0 Å². The molecule has 376 valence electrons. The first-order valence-electron chi connectivity index (χ1n) is 23.7. The molecule has 2 fully saturated rings. The number of imidazole rings is 2. The van der Waals surface area contributed by atoms with E-state index in [9.17, 15) is 13.6 Å². The van der Waals surface area contributed by atoms with Crippen molar-refractivity contribution in [1.82, 2.24) is 48.8 Å². The van der Waals surface area contributed by atoms with Gasteiger partial charge in [0.25, 0.3) is 0 Å². The maximum atomic E-state index is 14.3. The predicted molar refractivity (Wildman–Crippen MR) is 258 cm³/mol. The molecule has 70 heavy (non-hydrogen) atoms. The first-order valence-corrected chi connectivity index (χ1v) is 23.7. The van der Waals surface area contributed by atoms with Crippen LogP contribution < -0.4 is 20.9 Å². The van der Waals surface area contributed by atoms with Gasteiger partial charge in [0, 0.05) is 53.5 Å². The second kappa shape index (κ2) is 21.8. The van der Waals surface area contributed by atoms with Crippen LogP contribution in [0.2, 0.25) is 0 Å². The second-order valence-corrected chi connectivity index (χ2v) is 18.9. The number of halogens is 2. The molecule has 0 radical (unpaired) electrons. The molecule has 2 aliphatic heterocycles.